The van der Waals surface area contributed by atoms with Crippen molar-refractivity contribution in [1.82, 2.24) is 4.98 Å². The Kier molecular flexibility index (Phi) is 3.26. The Labute approximate surface area is 118 Å². The summed E-state index contributed by atoms with van der Waals surface area (Å²) in [4.78, 5) is 4.58. The molecule has 100 valence electrons. The predicted octanol–water partition coefficient (Wildman–Crippen LogP) is 3.20. The predicted molar refractivity (Wildman–Crippen MR) is 77.6 cm³/mol. The van der Waals surface area contributed by atoms with Gasteiger partial charge in [-0.15, -0.1) is 0 Å². The maximum absolute atomic E-state index is 9.15. The second-order valence-corrected chi connectivity index (χ2v) is 4.86. The summed E-state index contributed by atoms with van der Waals surface area (Å²) in [5, 5.41) is 12.5. The van der Waals surface area contributed by atoms with E-state index >= 15 is 0 Å². The molecule has 4 nitrogen and oxygen atoms in total. The van der Waals surface area contributed by atoms with E-state index in [0.29, 0.717) is 17.4 Å². The number of rotatable bonds is 4. The van der Waals surface area contributed by atoms with Gasteiger partial charge in [0.25, 0.3) is 0 Å². The van der Waals surface area contributed by atoms with Crippen LogP contribution in [0.4, 0.5) is 5.82 Å². The van der Waals surface area contributed by atoms with Gasteiger partial charge in [-0.1, -0.05) is 12.1 Å². The molecule has 0 spiro atoms. The van der Waals surface area contributed by atoms with Crippen molar-refractivity contribution in [2.75, 3.05) is 12.4 Å². The smallest absolute Gasteiger partial charge is 0.144 e. The number of methoxy groups -OCH3 is 1. The van der Waals surface area contributed by atoms with E-state index in [9.17, 15) is 0 Å². The van der Waals surface area contributed by atoms with Crippen LogP contribution in [0.15, 0.2) is 36.4 Å². The van der Waals surface area contributed by atoms with Crippen LogP contribution >= 0.6 is 0 Å². The second kappa shape index (κ2) is 5.22. The Hall–Kier alpha value is -2.54. The normalized spacial score (nSPS) is 13.6. The number of aromatic nitrogens is 1. The number of ether oxygens (including phenoxy) is 1. The van der Waals surface area contributed by atoms with Crippen LogP contribution in [0, 0.1) is 11.3 Å². The highest BCUT2D eigenvalue weighted by atomic mass is 16.5. The molecule has 1 aromatic heterocycles. The van der Waals surface area contributed by atoms with E-state index in [1.54, 1.807) is 7.11 Å². The van der Waals surface area contributed by atoms with Crippen LogP contribution in [0.5, 0.6) is 5.75 Å². The Bertz CT molecular complexity index is 672. The van der Waals surface area contributed by atoms with E-state index in [2.05, 4.69) is 16.4 Å². The highest BCUT2D eigenvalue weighted by molar-refractivity contribution is 5.66. The van der Waals surface area contributed by atoms with Gasteiger partial charge in [0.2, 0.25) is 0 Å². The standard InChI is InChI=1S/C16H15N3O/c1-20-14-4-2-3-11(9-14)15-8-5-12(10-17)16(19-15)18-13-6-7-13/h2-5,8-9,13H,6-7H2,1H3,(H,18,19). The van der Waals surface area contributed by atoms with E-state index in [1.807, 2.05) is 36.4 Å². The molecule has 1 heterocycles. The lowest BCUT2D eigenvalue weighted by Crippen LogP contribution is -2.05. The van der Waals surface area contributed by atoms with Crippen molar-refractivity contribution in [3.8, 4) is 23.1 Å². The quantitative estimate of drug-likeness (QED) is 0.922. The third kappa shape index (κ3) is 2.57. The lowest BCUT2D eigenvalue weighted by molar-refractivity contribution is 0.415. The van der Waals surface area contributed by atoms with Crippen LogP contribution in [0.25, 0.3) is 11.3 Å². The fourth-order valence-corrected chi connectivity index (χ4v) is 2.02. The van der Waals surface area contributed by atoms with Gasteiger partial charge in [-0.2, -0.15) is 5.26 Å². The molecule has 1 N–H and O–H groups in total. The minimum absolute atomic E-state index is 0.468. The average Bonchev–Trinajstić information content (AvgIpc) is 3.31. The van der Waals surface area contributed by atoms with Crippen molar-refractivity contribution in [1.29, 1.82) is 5.26 Å². The molecule has 0 saturated heterocycles. The first-order valence-corrected chi connectivity index (χ1v) is 6.62. The number of nitrogens with zero attached hydrogens (tertiary/aromatic N) is 2. The van der Waals surface area contributed by atoms with Crippen molar-refractivity contribution in [2.45, 2.75) is 18.9 Å². The maximum Gasteiger partial charge on any atom is 0.144 e. The molecule has 1 aliphatic carbocycles. The Morgan fingerprint density at radius 1 is 1.30 bits per heavy atom. The summed E-state index contributed by atoms with van der Waals surface area (Å²) in [6.45, 7) is 0. The van der Waals surface area contributed by atoms with E-state index in [1.165, 1.54) is 0 Å². The van der Waals surface area contributed by atoms with Crippen LogP contribution in [0.3, 0.4) is 0 Å². The summed E-state index contributed by atoms with van der Waals surface area (Å²) in [5.74, 6) is 1.47. The Morgan fingerprint density at radius 2 is 2.15 bits per heavy atom. The largest absolute Gasteiger partial charge is 0.497 e. The summed E-state index contributed by atoms with van der Waals surface area (Å²) in [6.07, 6.45) is 2.30. The molecule has 1 fully saturated rings. The van der Waals surface area contributed by atoms with Crippen molar-refractivity contribution in [2.24, 2.45) is 0 Å². The highest BCUT2D eigenvalue weighted by Crippen LogP contribution is 2.28. The van der Waals surface area contributed by atoms with Gasteiger partial charge in [-0.3, -0.25) is 0 Å². The molecule has 1 saturated carbocycles. The first-order chi connectivity index (χ1) is 9.80. The molecule has 4 heteroatoms. The molecular weight excluding hydrogens is 250 g/mol. The summed E-state index contributed by atoms with van der Waals surface area (Å²) in [5.41, 5.74) is 2.40. The third-order valence-electron chi connectivity index (χ3n) is 3.30. The molecule has 3 rings (SSSR count). The van der Waals surface area contributed by atoms with Crippen LogP contribution in [0.2, 0.25) is 0 Å². The SMILES string of the molecule is COc1cccc(-c2ccc(C#N)c(NC3CC3)n2)c1. The van der Waals surface area contributed by atoms with Crippen molar-refractivity contribution >= 4 is 5.82 Å². The fraction of sp³-hybridized carbons (Fsp3) is 0.250. The maximum atomic E-state index is 9.15. The van der Waals surface area contributed by atoms with Gasteiger partial charge < -0.3 is 10.1 Å². The number of hydrogen-bond donors (Lipinski definition) is 1. The molecule has 0 amide bonds. The highest BCUT2D eigenvalue weighted by Gasteiger charge is 2.22. The molecule has 0 radical (unpaired) electrons. The van der Waals surface area contributed by atoms with Gasteiger partial charge in [0.15, 0.2) is 0 Å². The fourth-order valence-electron chi connectivity index (χ4n) is 2.02. The number of pyridine rings is 1. The summed E-state index contributed by atoms with van der Waals surface area (Å²) < 4.78 is 5.23. The zero-order chi connectivity index (χ0) is 13.9. The average molecular weight is 265 g/mol. The van der Waals surface area contributed by atoms with Crippen LogP contribution in [-0.4, -0.2) is 18.1 Å². The van der Waals surface area contributed by atoms with Gasteiger partial charge in [0.05, 0.1) is 18.4 Å². The zero-order valence-electron chi connectivity index (χ0n) is 11.3. The molecule has 1 aromatic carbocycles. The minimum atomic E-state index is 0.468. The number of hydrogen-bond acceptors (Lipinski definition) is 4. The molecule has 20 heavy (non-hydrogen) atoms. The van der Waals surface area contributed by atoms with E-state index in [0.717, 1.165) is 29.8 Å². The summed E-state index contributed by atoms with van der Waals surface area (Å²) in [6, 6.07) is 14.1. The number of nitriles is 1. The molecule has 1 aliphatic rings. The van der Waals surface area contributed by atoms with Crippen LogP contribution in [0.1, 0.15) is 18.4 Å². The lowest BCUT2D eigenvalue weighted by Gasteiger charge is -2.09. The summed E-state index contributed by atoms with van der Waals surface area (Å²) in [7, 11) is 1.64. The molecule has 0 aliphatic heterocycles. The second-order valence-electron chi connectivity index (χ2n) is 4.86. The molecule has 0 atom stereocenters. The van der Waals surface area contributed by atoms with Crippen LogP contribution < -0.4 is 10.1 Å². The Morgan fingerprint density at radius 3 is 2.85 bits per heavy atom. The van der Waals surface area contributed by atoms with Gasteiger partial charge in [-0.25, -0.2) is 4.98 Å². The molecular formula is C16H15N3O. The molecule has 2 aromatic rings. The van der Waals surface area contributed by atoms with Gasteiger partial charge in [-0.05, 0) is 37.1 Å². The topological polar surface area (TPSA) is 57.9 Å². The Balaban J connectivity index is 1.98. The number of benzene rings is 1. The zero-order valence-corrected chi connectivity index (χ0v) is 11.3. The molecule has 0 unspecified atom stereocenters. The number of anilines is 1. The van der Waals surface area contributed by atoms with Crippen molar-refractivity contribution < 1.29 is 4.74 Å². The first kappa shape index (κ1) is 12.5. The van der Waals surface area contributed by atoms with Gasteiger partial charge >= 0.3 is 0 Å². The summed E-state index contributed by atoms with van der Waals surface area (Å²) >= 11 is 0. The number of nitrogens with one attached hydrogen (secondary N) is 1. The van der Waals surface area contributed by atoms with E-state index < -0.39 is 0 Å². The van der Waals surface area contributed by atoms with E-state index in [-0.39, 0.29) is 0 Å². The van der Waals surface area contributed by atoms with Gasteiger partial charge in [0, 0.05) is 11.6 Å². The lowest BCUT2D eigenvalue weighted by atomic mass is 10.1. The van der Waals surface area contributed by atoms with Gasteiger partial charge in [0.1, 0.15) is 17.6 Å². The first-order valence-electron chi connectivity index (χ1n) is 6.62. The van der Waals surface area contributed by atoms with Crippen molar-refractivity contribution in [3.63, 3.8) is 0 Å². The third-order valence-corrected chi connectivity index (χ3v) is 3.30. The monoisotopic (exact) mass is 265 g/mol. The van der Waals surface area contributed by atoms with E-state index in [4.69, 9.17) is 10.00 Å². The van der Waals surface area contributed by atoms with Crippen molar-refractivity contribution in [3.05, 3.63) is 42.0 Å². The minimum Gasteiger partial charge on any atom is -0.497 e. The molecule has 0 bridgehead atoms. The van der Waals surface area contributed by atoms with Crippen LogP contribution in [-0.2, 0) is 0 Å².